The molecule has 4 aromatic rings. The predicted molar refractivity (Wildman–Crippen MR) is 230 cm³/mol. The minimum absolute atomic E-state index is 0.00268. The smallest absolute Gasteiger partial charge is 0.416 e. The molecular formula is C49H55ClF3NO8. The van der Waals surface area contributed by atoms with Crippen LogP contribution in [0.15, 0.2) is 82.8 Å². The third kappa shape index (κ3) is 9.63. The van der Waals surface area contributed by atoms with E-state index in [0.29, 0.717) is 80.7 Å². The zero-order valence-electron chi connectivity index (χ0n) is 35.7. The van der Waals surface area contributed by atoms with Gasteiger partial charge in [-0.05, 0) is 136 Å². The number of rotatable bonds is 11. The van der Waals surface area contributed by atoms with Crippen LogP contribution in [0.2, 0.25) is 5.02 Å². The summed E-state index contributed by atoms with van der Waals surface area (Å²) >= 11 is 6.36. The summed E-state index contributed by atoms with van der Waals surface area (Å²) in [7, 11) is 3.09. The lowest BCUT2D eigenvalue weighted by Gasteiger charge is -2.46. The lowest BCUT2D eigenvalue weighted by Crippen LogP contribution is -2.55. The average molecular weight is 878 g/mol. The molecule has 13 heteroatoms. The first-order valence-electron chi connectivity index (χ1n) is 21.3. The van der Waals surface area contributed by atoms with Gasteiger partial charge in [0.2, 0.25) is 11.7 Å². The van der Waals surface area contributed by atoms with Gasteiger partial charge in [-0.3, -0.25) is 9.59 Å². The molecule has 2 N–H and O–H groups in total. The lowest BCUT2D eigenvalue weighted by atomic mass is 9.64. The molecule has 1 amide bonds. The van der Waals surface area contributed by atoms with Gasteiger partial charge in [-0.2, -0.15) is 13.2 Å². The van der Waals surface area contributed by atoms with Crippen LogP contribution in [0.3, 0.4) is 0 Å². The van der Waals surface area contributed by atoms with Crippen molar-refractivity contribution in [2.24, 2.45) is 5.41 Å². The van der Waals surface area contributed by atoms with Crippen molar-refractivity contribution in [1.82, 2.24) is 4.90 Å². The van der Waals surface area contributed by atoms with Crippen molar-refractivity contribution in [3.8, 4) is 22.8 Å². The number of ether oxygens (including phenoxy) is 3. The van der Waals surface area contributed by atoms with Gasteiger partial charge in [-0.1, -0.05) is 48.4 Å². The summed E-state index contributed by atoms with van der Waals surface area (Å²) in [6.45, 7) is 5.05. The molecule has 2 heterocycles. The second-order valence-corrected chi connectivity index (χ2v) is 17.8. The third-order valence-corrected chi connectivity index (χ3v) is 13.7. The Morgan fingerprint density at radius 2 is 1.76 bits per heavy atom. The summed E-state index contributed by atoms with van der Waals surface area (Å²) < 4.78 is 64.0. The number of ketones is 1. The van der Waals surface area contributed by atoms with Crippen LogP contribution in [0.1, 0.15) is 110 Å². The Balaban J connectivity index is 1.26. The van der Waals surface area contributed by atoms with Gasteiger partial charge in [0.15, 0.2) is 17.3 Å². The molecule has 1 saturated heterocycles. The van der Waals surface area contributed by atoms with Crippen molar-refractivity contribution in [3.05, 3.63) is 117 Å². The molecule has 1 aliphatic heterocycles. The monoisotopic (exact) mass is 877 g/mol. The Bertz CT molecular complexity index is 2300. The standard InChI is InChI=1S/C49H55ClF3NO8/c1-30-7-5-20-47(2)39(19-21-48(47,58)29-54(28-35-8-6-22-61-35)45(56)26-32-11-16-42(59-3)44(25-32)60-4)36-14-10-31(23-34(55)13-9-30)24-37(36)46(57)43-18-17-41(62-43)38-27-33(49(51,52)53)12-15-40(38)50/h7,10-12,14-18,24-25,27,34-35,39,55,58H,5-6,8-9,13,19-23,26,28-29H2,1-4H3. The molecule has 2 fully saturated rings. The maximum atomic E-state index is 14.7. The van der Waals surface area contributed by atoms with Gasteiger partial charge < -0.3 is 33.7 Å². The zero-order valence-corrected chi connectivity index (χ0v) is 36.4. The molecule has 8 rings (SSSR count). The topological polar surface area (TPSA) is 119 Å². The highest BCUT2D eigenvalue weighted by Gasteiger charge is 2.58. The Hall–Kier alpha value is -4.62. The van der Waals surface area contributed by atoms with Gasteiger partial charge >= 0.3 is 6.18 Å². The third-order valence-electron chi connectivity index (χ3n) is 13.4. The number of carbonyl (C=O) groups excluding carboxylic acids is 2. The number of carbonyl (C=O) groups is 2. The number of hydrogen-bond acceptors (Lipinski definition) is 8. The van der Waals surface area contributed by atoms with Gasteiger partial charge in [0.1, 0.15) is 5.76 Å². The first-order chi connectivity index (χ1) is 29.5. The number of benzene rings is 3. The minimum Gasteiger partial charge on any atom is -0.493 e. The predicted octanol–water partition coefficient (Wildman–Crippen LogP) is 10.2. The Labute approximate surface area is 365 Å². The van der Waals surface area contributed by atoms with E-state index in [-0.39, 0.29) is 53.0 Å². The number of hydrogen-bond donors (Lipinski definition) is 2. The normalized spacial score (nSPS) is 24.3. The van der Waals surface area contributed by atoms with Crippen molar-refractivity contribution in [2.45, 2.75) is 108 Å². The minimum atomic E-state index is -4.62. The first-order valence-corrected chi connectivity index (χ1v) is 21.7. The fraction of sp³-hybridized carbons (Fsp3) is 0.469. The number of aliphatic hydroxyl groups excluding tert-OH is 1. The number of fused-ring (bicyclic) bond motifs is 8. The van der Waals surface area contributed by atoms with E-state index >= 15 is 0 Å². The van der Waals surface area contributed by atoms with Crippen LogP contribution in [0.25, 0.3) is 11.3 Å². The largest absolute Gasteiger partial charge is 0.493 e. The number of alkyl halides is 3. The second-order valence-electron chi connectivity index (χ2n) is 17.4. The van der Waals surface area contributed by atoms with Crippen molar-refractivity contribution in [1.29, 1.82) is 0 Å². The SMILES string of the molecule is COc1ccc(CC(=O)N(CC2CCCO2)CC2(O)CCC3c4ccc(cc4C(=O)c4ccc(-c5cc(C(F)(F)F)ccc5Cl)o4)CC(O)CCC(C)=CCCC32C)cc1OC. The molecule has 3 aromatic carbocycles. The molecule has 332 valence electrons. The molecule has 5 atom stereocenters. The molecule has 0 radical (unpaired) electrons. The van der Waals surface area contributed by atoms with Crippen LogP contribution in [0.4, 0.5) is 13.2 Å². The summed E-state index contributed by atoms with van der Waals surface area (Å²) in [5, 5.41) is 24.3. The maximum absolute atomic E-state index is 14.7. The quantitative estimate of drug-likeness (QED) is 0.113. The molecule has 2 bridgehead atoms. The fourth-order valence-corrected chi connectivity index (χ4v) is 9.92. The number of aliphatic hydroxyl groups is 2. The number of furan rings is 1. The lowest BCUT2D eigenvalue weighted by molar-refractivity contribution is -0.142. The van der Waals surface area contributed by atoms with Crippen molar-refractivity contribution in [2.75, 3.05) is 33.9 Å². The van der Waals surface area contributed by atoms with E-state index < -0.39 is 34.6 Å². The van der Waals surface area contributed by atoms with E-state index in [1.165, 1.54) is 12.1 Å². The first kappa shape index (κ1) is 45.4. The van der Waals surface area contributed by atoms with Crippen LogP contribution in [-0.4, -0.2) is 78.5 Å². The van der Waals surface area contributed by atoms with Gasteiger partial charge in [-0.25, -0.2) is 0 Å². The molecule has 9 nitrogen and oxygen atoms in total. The second kappa shape index (κ2) is 18.6. The Morgan fingerprint density at radius 1 is 0.968 bits per heavy atom. The van der Waals surface area contributed by atoms with E-state index in [2.05, 4.69) is 13.0 Å². The number of nitrogens with zero attached hydrogens (tertiary/aromatic N) is 1. The van der Waals surface area contributed by atoms with E-state index in [4.69, 9.17) is 30.2 Å². The average Bonchev–Trinajstić information content (AvgIpc) is 4.00. The summed E-state index contributed by atoms with van der Waals surface area (Å²) in [5.41, 5.74) is 0.433. The summed E-state index contributed by atoms with van der Waals surface area (Å²) in [6, 6.07) is 16.8. The highest BCUT2D eigenvalue weighted by molar-refractivity contribution is 6.33. The van der Waals surface area contributed by atoms with Crippen molar-refractivity contribution >= 4 is 23.3 Å². The van der Waals surface area contributed by atoms with E-state index in [1.54, 1.807) is 37.3 Å². The molecule has 0 spiro atoms. The van der Waals surface area contributed by atoms with Gasteiger partial charge in [0, 0.05) is 29.7 Å². The number of methoxy groups -OCH3 is 2. The van der Waals surface area contributed by atoms with E-state index in [0.717, 1.165) is 47.7 Å². The molecular weight excluding hydrogens is 823 g/mol. The van der Waals surface area contributed by atoms with E-state index in [9.17, 15) is 33.0 Å². The fourth-order valence-electron chi connectivity index (χ4n) is 9.71. The number of allylic oxidation sites excluding steroid dienone is 2. The summed E-state index contributed by atoms with van der Waals surface area (Å²) in [6.07, 6.45) is 1.90. The Kier molecular flexibility index (Phi) is 13.6. The molecule has 5 unspecified atom stereocenters. The summed E-state index contributed by atoms with van der Waals surface area (Å²) in [5.74, 6) is -0.0505. The Morgan fingerprint density at radius 3 is 2.48 bits per heavy atom. The van der Waals surface area contributed by atoms with Crippen molar-refractivity contribution < 1.29 is 51.6 Å². The van der Waals surface area contributed by atoms with Gasteiger partial charge in [0.25, 0.3) is 0 Å². The molecule has 62 heavy (non-hydrogen) atoms. The van der Waals surface area contributed by atoms with Crippen LogP contribution in [-0.2, 0) is 28.5 Å². The summed E-state index contributed by atoms with van der Waals surface area (Å²) in [4.78, 5) is 30.9. The van der Waals surface area contributed by atoms with Gasteiger partial charge in [0.05, 0.1) is 55.6 Å². The maximum Gasteiger partial charge on any atom is 0.416 e. The highest BCUT2D eigenvalue weighted by atomic mass is 35.5. The van der Waals surface area contributed by atoms with Crippen LogP contribution in [0, 0.1) is 5.41 Å². The highest BCUT2D eigenvalue weighted by Crippen LogP contribution is 2.59. The number of amides is 1. The van der Waals surface area contributed by atoms with Crippen molar-refractivity contribution in [3.63, 3.8) is 0 Å². The van der Waals surface area contributed by atoms with Crippen LogP contribution >= 0.6 is 11.6 Å². The number of halogens is 4. The molecule has 3 aliphatic carbocycles. The van der Waals surface area contributed by atoms with E-state index in [1.807, 2.05) is 25.1 Å². The molecule has 4 aliphatic rings. The van der Waals surface area contributed by atoms with Gasteiger partial charge in [-0.15, -0.1) is 0 Å². The zero-order chi connectivity index (χ0) is 44.4. The molecule has 1 saturated carbocycles. The van der Waals surface area contributed by atoms with Crippen LogP contribution in [0.5, 0.6) is 11.5 Å². The molecule has 1 aromatic heterocycles. The van der Waals surface area contributed by atoms with Crippen LogP contribution < -0.4 is 9.47 Å².